The Hall–Kier alpha value is -1.51. The van der Waals surface area contributed by atoms with Gasteiger partial charge in [-0.2, -0.15) is 0 Å². The zero-order chi connectivity index (χ0) is 14.6. The fourth-order valence-corrected chi connectivity index (χ4v) is 2.03. The van der Waals surface area contributed by atoms with E-state index in [1.165, 1.54) is 5.56 Å². The van der Waals surface area contributed by atoms with Crippen LogP contribution in [-0.4, -0.2) is 24.7 Å². The molecule has 0 heterocycles. The van der Waals surface area contributed by atoms with Crippen molar-refractivity contribution in [1.29, 1.82) is 0 Å². The average molecular weight is 263 g/mol. The molecule has 1 unspecified atom stereocenters. The third kappa shape index (κ3) is 4.27. The van der Waals surface area contributed by atoms with Crippen molar-refractivity contribution in [2.24, 2.45) is 5.92 Å². The Labute approximate surface area is 116 Å². The van der Waals surface area contributed by atoms with Crippen molar-refractivity contribution in [3.63, 3.8) is 0 Å². The summed E-state index contributed by atoms with van der Waals surface area (Å²) in [5.41, 5.74) is 2.49. The van der Waals surface area contributed by atoms with E-state index in [4.69, 9.17) is 5.11 Å². The minimum absolute atomic E-state index is 0.143. The van der Waals surface area contributed by atoms with Crippen LogP contribution in [-0.2, 0) is 10.2 Å². The van der Waals surface area contributed by atoms with Gasteiger partial charge in [-0.15, -0.1) is 0 Å². The van der Waals surface area contributed by atoms with Crippen LogP contribution >= 0.6 is 0 Å². The maximum atomic E-state index is 11.1. The van der Waals surface area contributed by atoms with Gasteiger partial charge in [0.05, 0.1) is 5.92 Å². The van der Waals surface area contributed by atoms with Crippen LogP contribution in [0.3, 0.4) is 0 Å². The number of rotatable bonds is 5. The maximum Gasteiger partial charge on any atom is 0.308 e. The van der Waals surface area contributed by atoms with Crippen LogP contribution in [0, 0.1) is 5.92 Å². The van der Waals surface area contributed by atoms with Crippen molar-refractivity contribution >= 4 is 11.7 Å². The number of carbonyl (C=O) groups is 1. The highest BCUT2D eigenvalue weighted by Gasteiger charge is 2.18. The molecule has 0 amide bonds. The molecule has 0 bridgehead atoms. The summed E-state index contributed by atoms with van der Waals surface area (Å²) in [5, 5.41) is 9.09. The standard InChI is InChI=1S/C16H25NO2/c1-6-12(15(18)19)11-17(5)14-9-7-13(8-10-14)16(2,3)4/h7-10,12H,6,11H2,1-5H3,(H,18,19). The molecule has 0 aliphatic heterocycles. The van der Waals surface area contributed by atoms with Crippen molar-refractivity contribution in [1.82, 2.24) is 0 Å². The van der Waals surface area contributed by atoms with Gasteiger partial charge in [0.2, 0.25) is 0 Å². The first-order chi connectivity index (χ1) is 8.75. The van der Waals surface area contributed by atoms with E-state index in [0.717, 1.165) is 5.69 Å². The first-order valence-corrected chi connectivity index (χ1v) is 6.80. The van der Waals surface area contributed by atoms with Gasteiger partial charge in [-0.1, -0.05) is 39.8 Å². The third-order valence-electron chi connectivity index (χ3n) is 3.51. The number of aliphatic carboxylic acids is 1. The van der Waals surface area contributed by atoms with Gasteiger partial charge in [-0.25, -0.2) is 0 Å². The lowest BCUT2D eigenvalue weighted by Gasteiger charge is -2.24. The van der Waals surface area contributed by atoms with Gasteiger partial charge in [-0.05, 0) is 29.5 Å². The molecule has 1 aromatic rings. The molecule has 106 valence electrons. The predicted octanol–water partition coefficient (Wildman–Crippen LogP) is 3.53. The molecule has 0 aliphatic rings. The Balaban J connectivity index is 2.78. The molecular weight excluding hydrogens is 238 g/mol. The zero-order valence-corrected chi connectivity index (χ0v) is 12.6. The second kappa shape index (κ2) is 6.09. The minimum Gasteiger partial charge on any atom is -0.481 e. The van der Waals surface area contributed by atoms with Gasteiger partial charge in [0.15, 0.2) is 0 Å². The fourth-order valence-electron chi connectivity index (χ4n) is 2.03. The van der Waals surface area contributed by atoms with E-state index in [0.29, 0.717) is 13.0 Å². The van der Waals surface area contributed by atoms with Crippen LogP contribution in [0.2, 0.25) is 0 Å². The Bertz CT molecular complexity index is 417. The van der Waals surface area contributed by atoms with Crippen molar-refractivity contribution in [3.05, 3.63) is 29.8 Å². The number of nitrogens with zero attached hydrogens (tertiary/aromatic N) is 1. The number of benzene rings is 1. The van der Waals surface area contributed by atoms with E-state index >= 15 is 0 Å². The lowest BCUT2D eigenvalue weighted by atomic mass is 9.87. The number of anilines is 1. The Morgan fingerprint density at radius 2 is 1.79 bits per heavy atom. The van der Waals surface area contributed by atoms with Crippen molar-refractivity contribution in [3.8, 4) is 0 Å². The first-order valence-electron chi connectivity index (χ1n) is 6.80. The second-order valence-corrected chi connectivity index (χ2v) is 6.12. The van der Waals surface area contributed by atoms with Gasteiger partial charge in [0.1, 0.15) is 0 Å². The lowest BCUT2D eigenvalue weighted by Crippen LogP contribution is -2.29. The summed E-state index contributed by atoms with van der Waals surface area (Å²) in [4.78, 5) is 13.1. The molecule has 0 saturated carbocycles. The zero-order valence-electron chi connectivity index (χ0n) is 12.6. The highest BCUT2D eigenvalue weighted by atomic mass is 16.4. The molecule has 0 saturated heterocycles. The van der Waals surface area contributed by atoms with E-state index in [1.54, 1.807) is 0 Å². The molecule has 0 aromatic heterocycles. The summed E-state index contributed by atoms with van der Waals surface area (Å²) in [6.45, 7) is 9.01. The van der Waals surface area contributed by atoms with E-state index in [-0.39, 0.29) is 11.3 Å². The number of hydrogen-bond donors (Lipinski definition) is 1. The quantitative estimate of drug-likeness (QED) is 0.883. The minimum atomic E-state index is -0.722. The molecule has 1 N–H and O–H groups in total. The summed E-state index contributed by atoms with van der Waals surface area (Å²) in [7, 11) is 1.94. The molecule has 0 radical (unpaired) electrons. The van der Waals surface area contributed by atoms with Crippen LogP contribution in [0.5, 0.6) is 0 Å². The molecular formula is C16H25NO2. The molecule has 1 aromatic carbocycles. The molecule has 3 nitrogen and oxygen atoms in total. The smallest absolute Gasteiger partial charge is 0.308 e. The maximum absolute atomic E-state index is 11.1. The SMILES string of the molecule is CCC(CN(C)c1ccc(C(C)(C)C)cc1)C(=O)O. The molecule has 19 heavy (non-hydrogen) atoms. The summed E-state index contributed by atoms with van der Waals surface area (Å²) in [6, 6.07) is 8.37. The van der Waals surface area contributed by atoms with E-state index in [1.807, 2.05) is 18.9 Å². The van der Waals surface area contributed by atoms with Crippen molar-refractivity contribution in [2.45, 2.75) is 39.5 Å². The molecule has 3 heteroatoms. The van der Waals surface area contributed by atoms with Crippen LogP contribution in [0.1, 0.15) is 39.7 Å². The van der Waals surface area contributed by atoms with Crippen molar-refractivity contribution in [2.75, 3.05) is 18.5 Å². The topological polar surface area (TPSA) is 40.5 Å². The Morgan fingerprint density at radius 1 is 1.26 bits per heavy atom. The second-order valence-electron chi connectivity index (χ2n) is 6.12. The molecule has 1 rings (SSSR count). The third-order valence-corrected chi connectivity index (χ3v) is 3.51. The van der Waals surface area contributed by atoms with Gasteiger partial charge in [-0.3, -0.25) is 4.79 Å². The highest BCUT2D eigenvalue weighted by Crippen LogP contribution is 2.25. The Morgan fingerprint density at radius 3 is 2.16 bits per heavy atom. The van der Waals surface area contributed by atoms with E-state index in [2.05, 4.69) is 45.0 Å². The summed E-state index contributed by atoms with van der Waals surface area (Å²) in [5.74, 6) is -1.03. The highest BCUT2D eigenvalue weighted by molar-refractivity contribution is 5.71. The first kappa shape index (κ1) is 15.5. The molecule has 0 fully saturated rings. The molecule has 0 spiro atoms. The molecule has 0 aliphatic carbocycles. The number of carboxylic acid groups (broad SMARTS) is 1. The van der Waals surface area contributed by atoms with Crippen LogP contribution < -0.4 is 4.90 Å². The molecule has 1 atom stereocenters. The largest absolute Gasteiger partial charge is 0.481 e. The van der Waals surface area contributed by atoms with Gasteiger partial charge >= 0.3 is 5.97 Å². The lowest BCUT2D eigenvalue weighted by molar-refractivity contribution is -0.141. The normalized spacial score (nSPS) is 13.1. The van der Waals surface area contributed by atoms with Crippen LogP contribution in [0.25, 0.3) is 0 Å². The summed E-state index contributed by atoms with van der Waals surface area (Å²) < 4.78 is 0. The number of hydrogen-bond acceptors (Lipinski definition) is 2. The van der Waals surface area contributed by atoms with Gasteiger partial charge in [0, 0.05) is 19.3 Å². The van der Waals surface area contributed by atoms with E-state index < -0.39 is 5.97 Å². The summed E-state index contributed by atoms with van der Waals surface area (Å²) >= 11 is 0. The fraction of sp³-hybridized carbons (Fsp3) is 0.562. The monoisotopic (exact) mass is 263 g/mol. The van der Waals surface area contributed by atoms with Gasteiger partial charge in [0.25, 0.3) is 0 Å². The Kier molecular flexibility index (Phi) is 4.98. The van der Waals surface area contributed by atoms with Crippen LogP contribution in [0.15, 0.2) is 24.3 Å². The predicted molar refractivity (Wildman–Crippen MR) is 79.8 cm³/mol. The average Bonchev–Trinajstić information content (AvgIpc) is 2.34. The van der Waals surface area contributed by atoms with Gasteiger partial charge < -0.3 is 10.0 Å². The summed E-state index contributed by atoms with van der Waals surface area (Å²) in [6.07, 6.45) is 0.653. The van der Waals surface area contributed by atoms with Crippen molar-refractivity contribution < 1.29 is 9.90 Å². The number of carboxylic acids is 1. The van der Waals surface area contributed by atoms with E-state index in [9.17, 15) is 4.79 Å². The van der Waals surface area contributed by atoms with Crippen LogP contribution in [0.4, 0.5) is 5.69 Å².